The first-order valence-electron chi connectivity index (χ1n) is 9.71. The van der Waals surface area contributed by atoms with Gasteiger partial charge in [-0.2, -0.15) is 0 Å². The van der Waals surface area contributed by atoms with Crippen molar-refractivity contribution in [3.8, 4) is 11.5 Å². The number of phenolic OH excluding ortho intramolecular Hbond substituents is 2. The van der Waals surface area contributed by atoms with E-state index in [1.807, 2.05) is 0 Å². The van der Waals surface area contributed by atoms with E-state index >= 15 is 0 Å². The lowest BCUT2D eigenvalue weighted by molar-refractivity contribution is 0.0974. The first kappa shape index (κ1) is 21.5. The number of fused-ring (bicyclic) bond motifs is 2. The third kappa shape index (κ3) is 3.81. The van der Waals surface area contributed by atoms with Crippen LogP contribution in [-0.2, 0) is 0 Å². The van der Waals surface area contributed by atoms with E-state index in [-0.39, 0.29) is 49.5 Å². The summed E-state index contributed by atoms with van der Waals surface area (Å²) < 4.78 is 0. The predicted molar refractivity (Wildman–Crippen MR) is 115 cm³/mol. The zero-order valence-corrected chi connectivity index (χ0v) is 17.8. The largest absolute Gasteiger partial charge is 0.507 e. The van der Waals surface area contributed by atoms with Crippen LogP contribution in [0.15, 0.2) is 18.2 Å². The summed E-state index contributed by atoms with van der Waals surface area (Å²) in [6.07, 6.45) is 4.20. The van der Waals surface area contributed by atoms with E-state index in [4.69, 9.17) is 23.2 Å². The summed E-state index contributed by atoms with van der Waals surface area (Å²) in [6.45, 7) is 4.80. The number of aromatic hydroxyl groups is 2. The lowest BCUT2D eigenvalue weighted by Crippen LogP contribution is -2.23. The molecule has 7 heteroatoms. The van der Waals surface area contributed by atoms with Gasteiger partial charge in [-0.3, -0.25) is 9.59 Å². The van der Waals surface area contributed by atoms with Gasteiger partial charge in [0.25, 0.3) is 0 Å². The van der Waals surface area contributed by atoms with Gasteiger partial charge in [-0.05, 0) is 24.5 Å². The van der Waals surface area contributed by atoms with Gasteiger partial charge < -0.3 is 15.5 Å². The number of hydrogen-bond donors (Lipinski definition) is 3. The lowest BCUT2D eigenvalue weighted by atomic mass is 9.82. The lowest BCUT2D eigenvalue weighted by Gasteiger charge is -2.23. The van der Waals surface area contributed by atoms with Gasteiger partial charge in [-0.1, -0.05) is 56.3 Å². The molecule has 3 N–H and O–H groups in total. The minimum absolute atomic E-state index is 0.0575. The number of nitrogens with one attached hydrogen (secondary N) is 1. The number of hydrogen-bond acceptors (Lipinski definition) is 5. The molecule has 154 valence electrons. The third-order valence-electron chi connectivity index (χ3n) is 5.42. The third-order valence-corrected chi connectivity index (χ3v) is 6.05. The zero-order valence-electron chi connectivity index (χ0n) is 16.3. The molecule has 0 aliphatic heterocycles. The molecular formula is C22H23Cl2NO4. The van der Waals surface area contributed by atoms with E-state index in [0.29, 0.717) is 12.5 Å². The fourth-order valence-corrected chi connectivity index (χ4v) is 4.17. The van der Waals surface area contributed by atoms with Gasteiger partial charge in [0.05, 0.1) is 38.0 Å². The molecule has 1 aliphatic carbocycles. The van der Waals surface area contributed by atoms with Gasteiger partial charge in [0.2, 0.25) is 0 Å². The summed E-state index contributed by atoms with van der Waals surface area (Å²) in [7, 11) is 0. The Morgan fingerprint density at radius 3 is 2.10 bits per heavy atom. The van der Waals surface area contributed by atoms with Gasteiger partial charge in [0, 0.05) is 12.6 Å². The van der Waals surface area contributed by atoms with Crippen molar-refractivity contribution in [1.82, 2.24) is 0 Å². The Bertz CT molecular complexity index is 988. The zero-order chi connectivity index (χ0) is 21.3. The van der Waals surface area contributed by atoms with E-state index in [9.17, 15) is 19.8 Å². The highest BCUT2D eigenvalue weighted by Gasteiger charge is 2.38. The maximum atomic E-state index is 13.1. The first-order chi connectivity index (χ1) is 13.8. The Hall–Kier alpha value is -2.24. The van der Waals surface area contributed by atoms with E-state index in [1.165, 1.54) is 18.2 Å². The van der Waals surface area contributed by atoms with E-state index in [1.54, 1.807) is 0 Å². The normalized spacial score (nSPS) is 13.8. The fourth-order valence-electron chi connectivity index (χ4n) is 3.69. The molecule has 0 amide bonds. The van der Waals surface area contributed by atoms with Crippen LogP contribution in [0, 0.1) is 5.92 Å². The van der Waals surface area contributed by atoms with Gasteiger partial charge in [0.15, 0.2) is 17.3 Å². The Kier molecular flexibility index (Phi) is 6.39. The second-order valence-corrected chi connectivity index (χ2v) is 8.09. The van der Waals surface area contributed by atoms with E-state index in [2.05, 4.69) is 19.2 Å². The molecule has 1 atom stereocenters. The molecule has 0 fully saturated rings. The number of carbonyl (C=O) groups is 2. The van der Waals surface area contributed by atoms with Crippen molar-refractivity contribution < 1.29 is 19.8 Å². The Morgan fingerprint density at radius 2 is 1.55 bits per heavy atom. The number of carbonyl (C=O) groups excluding carboxylic acids is 2. The van der Waals surface area contributed by atoms with Crippen molar-refractivity contribution >= 4 is 40.5 Å². The van der Waals surface area contributed by atoms with Gasteiger partial charge in [-0.15, -0.1) is 0 Å². The number of rotatable bonds is 7. The number of unbranched alkanes of at least 4 members (excludes halogenated alkanes) is 1. The summed E-state index contributed by atoms with van der Waals surface area (Å²) in [4.78, 5) is 26.0. The molecule has 29 heavy (non-hydrogen) atoms. The monoisotopic (exact) mass is 435 g/mol. The molecule has 2 aromatic carbocycles. The van der Waals surface area contributed by atoms with Crippen LogP contribution in [0.2, 0.25) is 10.0 Å². The number of phenols is 2. The highest BCUT2D eigenvalue weighted by atomic mass is 35.5. The Labute approximate surface area is 179 Å². The second kappa shape index (κ2) is 8.64. The average Bonchev–Trinajstić information content (AvgIpc) is 2.69. The highest BCUT2D eigenvalue weighted by Crippen LogP contribution is 2.45. The maximum Gasteiger partial charge on any atom is 0.200 e. The van der Waals surface area contributed by atoms with Crippen LogP contribution >= 0.6 is 23.2 Å². The molecule has 0 spiro atoms. The van der Waals surface area contributed by atoms with Crippen LogP contribution in [-0.4, -0.2) is 28.3 Å². The molecule has 0 saturated carbocycles. The van der Waals surface area contributed by atoms with Crippen molar-refractivity contribution in [2.75, 3.05) is 11.9 Å². The summed E-state index contributed by atoms with van der Waals surface area (Å²) in [5.74, 6) is -1.66. The predicted octanol–water partition coefficient (Wildman–Crippen LogP) is 5.81. The molecule has 0 bridgehead atoms. The topological polar surface area (TPSA) is 86.6 Å². The van der Waals surface area contributed by atoms with Gasteiger partial charge >= 0.3 is 0 Å². The number of benzene rings is 2. The van der Waals surface area contributed by atoms with Crippen molar-refractivity contribution in [3.63, 3.8) is 0 Å². The van der Waals surface area contributed by atoms with Crippen LogP contribution in [0.1, 0.15) is 71.4 Å². The van der Waals surface area contributed by atoms with Crippen molar-refractivity contribution in [1.29, 1.82) is 0 Å². The van der Waals surface area contributed by atoms with Crippen LogP contribution in [0.3, 0.4) is 0 Å². The molecule has 5 nitrogen and oxygen atoms in total. The van der Waals surface area contributed by atoms with Crippen molar-refractivity contribution in [3.05, 3.63) is 50.5 Å². The van der Waals surface area contributed by atoms with Crippen molar-refractivity contribution in [2.24, 2.45) is 5.92 Å². The SMILES string of the molecule is CCCCC(CC)CNc1cc(O)c2c(c1O)C(=O)c1c(Cl)ccc(Cl)c1C2=O. The van der Waals surface area contributed by atoms with Gasteiger partial charge in [0.1, 0.15) is 5.75 Å². The molecule has 0 saturated heterocycles. The highest BCUT2D eigenvalue weighted by molar-refractivity contribution is 6.44. The van der Waals surface area contributed by atoms with Crippen LogP contribution in [0.25, 0.3) is 0 Å². The van der Waals surface area contributed by atoms with Crippen LogP contribution < -0.4 is 5.32 Å². The fraction of sp³-hybridized carbons (Fsp3) is 0.364. The summed E-state index contributed by atoms with van der Waals surface area (Å²) >= 11 is 12.3. The molecule has 3 rings (SSSR count). The molecule has 0 aromatic heterocycles. The molecule has 0 heterocycles. The molecule has 1 aliphatic rings. The van der Waals surface area contributed by atoms with Crippen LogP contribution in [0.4, 0.5) is 5.69 Å². The first-order valence-corrected chi connectivity index (χ1v) is 10.5. The number of halogens is 2. The molecule has 1 unspecified atom stereocenters. The summed E-state index contributed by atoms with van der Waals surface area (Å²) in [5.41, 5.74) is -0.418. The average molecular weight is 436 g/mol. The summed E-state index contributed by atoms with van der Waals surface area (Å²) in [6, 6.07) is 4.12. The van der Waals surface area contributed by atoms with Gasteiger partial charge in [-0.25, -0.2) is 0 Å². The molecular weight excluding hydrogens is 413 g/mol. The summed E-state index contributed by atoms with van der Waals surface area (Å²) in [5, 5.41) is 24.5. The molecule has 2 aromatic rings. The Balaban J connectivity index is 2.03. The Morgan fingerprint density at radius 1 is 0.966 bits per heavy atom. The minimum atomic E-state index is -0.643. The second-order valence-electron chi connectivity index (χ2n) is 7.28. The standard InChI is InChI=1S/C22H23Cl2NO4/c1-3-5-6-11(4-2)10-25-14-9-15(26)18-19(20(14)27)22(29)17-13(24)8-7-12(23)16(17)21(18)28/h7-9,11,25-27H,3-6,10H2,1-2H3. The van der Waals surface area contributed by atoms with Crippen molar-refractivity contribution in [2.45, 2.75) is 39.5 Å². The number of ketones is 2. The van der Waals surface area contributed by atoms with E-state index in [0.717, 1.165) is 25.7 Å². The quantitative estimate of drug-likeness (QED) is 0.322. The van der Waals surface area contributed by atoms with E-state index < -0.39 is 11.6 Å². The maximum absolute atomic E-state index is 13.1. The number of anilines is 1. The minimum Gasteiger partial charge on any atom is -0.507 e. The molecule has 0 radical (unpaired) electrons. The van der Waals surface area contributed by atoms with Crippen LogP contribution in [0.5, 0.6) is 11.5 Å². The smallest absolute Gasteiger partial charge is 0.200 e.